The molecule has 0 saturated carbocycles. The van der Waals surface area contributed by atoms with Crippen LogP contribution in [0.1, 0.15) is 12.5 Å². The van der Waals surface area contributed by atoms with Crippen molar-refractivity contribution in [3.63, 3.8) is 0 Å². The lowest BCUT2D eigenvalue weighted by Crippen LogP contribution is -2.19. The van der Waals surface area contributed by atoms with Gasteiger partial charge in [0.1, 0.15) is 0 Å². The smallest absolute Gasteiger partial charge is 0.328 e. The molecule has 3 rings (SSSR count). The lowest BCUT2D eigenvalue weighted by Gasteiger charge is -2.11. The van der Waals surface area contributed by atoms with Gasteiger partial charge in [0.05, 0.1) is 39.7 Å². The number of benzene rings is 2. The summed E-state index contributed by atoms with van der Waals surface area (Å²) >= 11 is 6.20. The van der Waals surface area contributed by atoms with Crippen LogP contribution < -0.4 is 10.4 Å². The molecule has 0 fully saturated rings. The van der Waals surface area contributed by atoms with Gasteiger partial charge in [-0.2, -0.15) is 0 Å². The van der Waals surface area contributed by atoms with Gasteiger partial charge in [0, 0.05) is 14.1 Å². The highest BCUT2D eigenvalue weighted by atomic mass is 35.5. The van der Waals surface area contributed by atoms with Gasteiger partial charge in [-0.15, -0.1) is 0 Å². The van der Waals surface area contributed by atoms with E-state index >= 15 is 0 Å². The molecule has 0 spiro atoms. The number of sulfonamides is 1. The summed E-state index contributed by atoms with van der Waals surface area (Å²) in [7, 11) is -0.746. The standard InChI is InChI=1S/C19H20ClN3O5S/c1-4-28-18(24)10-12-5-7-15(14(20)9-12)21-29(26,27)13-6-8-16-17(11-13)23(3)19(25)22(16)2/h5-9,11,21H,4,10H2,1-3H3. The lowest BCUT2D eigenvalue weighted by molar-refractivity contribution is -0.142. The minimum Gasteiger partial charge on any atom is -0.466 e. The Morgan fingerprint density at radius 1 is 1.10 bits per heavy atom. The number of aryl methyl sites for hydroxylation is 2. The predicted octanol–water partition coefficient (Wildman–Crippen LogP) is 2.44. The summed E-state index contributed by atoms with van der Waals surface area (Å²) in [5.41, 5.74) is 1.66. The lowest BCUT2D eigenvalue weighted by atomic mass is 10.1. The SMILES string of the molecule is CCOC(=O)Cc1ccc(NS(=O)(=O)c2ccc3c(c2)n(C)c(=O)n3C)c(Cl)c1. The molecule has 1 aromatic heterocycles. The maximum Gasteiger partial charge on any atom is 0.328 e. The van der Waals surface area contributed by atoms with Crippen molar-refractivity contribution in [3.05, 3.63) is 57.5 Å². The van der Waals surface area contributed by atoms with Crippen LogP contribution in [0.15, 0.2) is 46.1 Å². The van der Waals surface area contributed by atoms with E-state index in [-0.39, 0.29) is 34.3 Å². The van der Waals surface area contributed by atoms with Crippen molar-refractivity contribution in [2.45, 2.75) is 18.2 Å². The summed E-state index contributed by atoms with van der Waals surface area (Å²) in [6, 6.07) is 9.04. The zero-order valence-corrected chi connectivity index (χ0v) is 17.7. The predicted molar refractivity (Wildman–Crippen MR) is 111 cm³/mol. The van der Waals surface area contributed by atoms with Crippen molar-refractivity contribution in [2.24, 2.45) is 14.1 Å². The van der Waals surface area contributed by atoms with Crippen molar-refractivity contribution in [2.75, 3.05) is 11.3 Å². The molecular formula is C19H20ClN3O5S. The average molecular weight is 438 g/mol. The molecule has 0 atom stereocenters. The molecule has 3 aromatic rings. The number of nitrogens with zero attached hydrogens (tertiary/aromatic N) is 2. The van der Waals surface area contributed by atoms with Gasteiger partial charge in [-0.25, -0.2) is 13.2 Å². The van der Waals surface area contributed by atoms with Crippen LogP contribution in [0.4, 0.5) is 5.69 Å². The van der Waals surface area contributed by atoms with Crippen LogP contribution in [0.2, 0.25) is 5.02 Å². The fourth-order valence-corrected chi connectivity index (χ4v) is 4.39. The number of imidazole rings is 1. The molecule has 0 saturated heterocycles. The Morgan fingerprint density at radius 3 is 2.45 bits per heavy atom. The van der Waals surface area contributed by atoms with Crippen molar-refractivity contribution in [1.29, 1.82) is 0 Å². The summed E-state index contributed by atoms with van der Waals surface area (Å²) in [4.78, 5) is 23.6. The molecule has 0 unspecified atom stereocenters. The number of rotatable bonds is 6. The van der Waals surface area contributed by atoms with Gasteiger partial charge in [0.25, 0.3) is 10.0 Å². The third kappa shape index (κ3) is 4.15. The van der Waals surface area contributed by atoms with Crippen molar-refractivity contribution in [3.8, 4) is 0 Å². The molecule has 0 aliphatic rings. The van der Waals surface area contributed by atoms with Crippen LogP contribution >= 0.6 is 11.6 Å². The van der Waals surface area contributed by atoms with E-state index in [0.717, 1.165) is 0 Å². The van der Waals surface area contributed by atoms with Gasteiger partial charge in [0.15, 0.2) is 0 Å². The second kappa shape index (κ2) is 7.92. The molecule has 0 radical (unpaired) electrons. The molecule has 1 N–H and O–H groups in total. The molecule has 8 nitrogen and oxygen atoms in total. The van der Waals surface area contributed by atoms with E-state index in [0.29, 0.717) is 16.6 Å². The van der Waals surface area contributed by atoms with E-state index in [2.05, 4.69) is 4.72 Å². The van der Waals surface area contributed by atoms with Crippen LogP contribution in [-0.2, 0) is 40.1 Å². The summed E-state index contributed by atoms with van der Waals surface area (Å²) < 4.78 is 35.8. The number of ether oxygens (including phenoxy) is 1. The number of esters is 1. The highest BCUT2D eigenvalue weighted by Crippen LogP contribution is 2.27. The first kappa shape index (κ1) is 20.9. The molecule has 0 bridgehead atoms. The first-order valence-electron chi connectivity index (χ1n) is 8.76. The van der Waals surface area contributed by atoms with Crippen LogP contribution in [0.25, 0.3) is 11.0 Å². The van der Waals surface area contributed by atoms with Crippen LogP contribution in [-0.4, -0.2) is 30.1 Å². The Balaban J connectivity index is 1.89. The van der Waals surface area contributed by atoms with Crippen LogP contribution in [0.3, 0.4) is 0 Å². The molecule has 10 heteroatoms. The molecule has 0 aliphatic carbocycles. The number of aromatic nitrogens is 2. The van der Waals surface area contributed by atoms with Crippen LogP contribution in [0, 0.1) is 0 Å². The van der Waals surface area contributed by atoms with Crippen molar-refractivity contribution in [1.82, 2.24) is 9.13 Å². The van der Waals surface area contributed by atoms with Crippen LogP contribution in [0.5, 0.6) is 0 Å². The second-order valence-corrected chi connectivity index (χ2v) is 8.54. The van der Waals surface area contributed by atoms with Gasteiger partial charge in [-0.05, 0) is 42.8 Å². The number of hydrogen-bond donors (Lipinski definition) is 1. The number of nitrogens with one attached hydrogen (secondary N) is 1. The number of carbonyl (C=O) groups excluding carboxylic acids is 1. The van der Waals surface area contributed by atoms with Gasteiger partial charge in [-0.3, -0.25) is 18.7 Å². The van der Waals surface area contributed by atoms with E-state index in [1.54, 1.807) is 33.2 Å². The van der Waals surface area contributed by atoms with Gasteiger partial charge < -0.3 is 4.74 Å². The number of hydrogen-bond acceptors (Lipinski definition) is 5. The molecule has 29 heavy (non-hydrogen) atoms. The number of halogens is 1. The molecule has 0 aliphatic heterocycles. The number of fused-ring (bicyclic) bond motifs is 1. The summed E-state index contributed by atoms with van der Waals surface area (Å²) in [5.74, 6) is -0.390. The highest BCUT2D eigenvalue weighted by Gasteiger charge is 2.19. The van der Waals surface area contributed by atoms with Gasteiger partial charge in [-0.1, -0.05) is 17.7 Å². The Labute approximate surface area is 172 Å². The highest BCUT2D eigenvalue weighted by molar-refractivity contribution is 7.92. The molecule has 1 heterocycles. The first-order chi connectivity index (χ1) is 13.6. The van der Waals surface area contributed by atoms with E-state index in [9.17, 15) is 18.0 Å². The Bertz CT molecular complexity index is 1260. The largest absolute Gasteiger partial charge is 0.466 e. The first-order valence-corrected chi connectivity index (χ1v) is 10.6. The molecular weight excluding hydrogens is 418 g/mol. The third-order valence-corrected chi connectivity index (χ3v) is 6.16. The maximum atomic E-state index is 12.8. The fraction of sp³-hybridized carbons (Fsp3) is 0.263. The third-order valence-electron chi connectivity index (χ3n) is 4.49. The summed E-state index contributed by atoms with van der Waals surface area (Å²) in [6.07, 6.45) is 0.0410. The zero-order valence-electron chi connectivity index (χ0n) is 16.1. The Kier molecular flexibility index (Phi) is 5.72. The van der Waals surface area contributed by atoms with E-state index in [1.807, 2.05) is 0 Å². The van der Waals surface area contributed by atoms with Crippen molar-refractivity contribution < 1.29 is 17.9 Å². The average Bonchev–Trinajstić information content (AvgIpc) is 2.88. The van der Waals surface area contributed by atoms with Gasteiger partial charge in [0.2, 0.25) is 0 Å². The Morgan fingerprint density at radius 2 is 1.79 bits per heavy atom. The number of carbonyl (C=O) groups is 1. The zero-order chi connectivity index (χ0) is 21.3. The van der Waals surface area contributed by atoms with E-state index < -0.39 is 16.0 Å². The quantitative estimate of drug-likeness (QED) is 0.597. The Hall–Kier alpha value is -2.78. The summed E-state index contributed by atoms with van der Waals surface area (Å²) in [5, 5.41) is 0.156. The van der Waals surface area contributed by atoms with E-state index in [4.69, 9.17) is 16.3 Å². The van der Waals surface area contributed by atoms with Gasteiger partial charge >= 0.3 is 11.7 Å². The molecule has 2 aromatic carbocycles. The normalized spacial score (nSPS) is 11.6. The number of anilines is 1. The molecule has 0 amide bonds. The summed E-state index contributed by atoms with van der Waals surface area (Å²) in [6.45, 7) is 2.00. The van der Waals surface area contributed by atoms with E-state index in [1.165, 1.54) is 33.4 Å². The topological polar surface area (TPSA) is 99.4 Å². The second-order valence-electron chi connectivity index (χ2n) is 6.45. The monoisotopic (exact) mass is 437 g/mol. The minimum atomic E-state index is -3.94. The minimum absolute atomic E-state index is 0.00198. The molecule has 154 valence electrons. The maximum absolute atomic E-state index is 12.8. The fourth-order valence-electron chi connectivity index (χ4n) is 2.99. The van der Waals surface area contributed by atoms with Crippen molar-refractivity contribution >= 4 is 44.3 Å².